The van der Waals surface area contributed by atoms with Gasteiger partial charge in [-0.05, 0) is 25.0 Å². The molecule has 1 saturated heterocycles. The molecule has 1 fully saturated rings. The molecular weight excluding hydrogens is 206 g/mol. The fourth-order valence-electron chi connectivity index (χ4n) is 1.90. The van der Waals surface area contributed by atoms with Crippen LogP contribution in [0.5, 0.6) is 0 Å². The summed E-state index contributed by atoms with van der Waals surface area (Å²) in [5, 5.41) is 0. The summed E-state index contributed by atoms with van der Waals surface area (Å²) in [6.45, 7) is 5.41. The average molecular weight is 225 g/mol. The highest BCUT2D eigenvalue weighted by Crippen LogP contribution is 2.17. The Balaban J connectivity index is 1.75. The van der Waals surface area contributed by atoms with Crippen molar-refractivity contribution >= 4 is 0 Å². The van der Waals surface area contributed by atoms with Crippen LogP contribution < -0.4 is 5.73 Å². The van der Waals surface area contributed by atoms with E-state index in [0.29, 0.717) is 19.1 Å². The van der Waals surface area contributed by atoms with Crippen molar-refractivity contribution in [2.75, 3.05) is 19.8 Å². The lowest BCUT2D eigenvalue weighted by Crippen LogP contribution is -2.08. The van der Waals surface area contributed by atoms with Gasteiger partial charge in [0, 0.05) is 12.5 Å². The van der Waals surface area contributed by atoms with E-state index in [1.165, 1.54) is 0 Å². The third-order valence-corrected chi connectivity index (χ3v) is 2.88. The minimum Gasteiger partial charge on any atom is -0.462 e. The molecule has 1 unspecified atom stereocenters. The Kier molecular flexibility index (Phi) is 3.98. The van der Waals surface area contributed by atoms with Crippen LogP contribution in [0.1, 0.15) is 23.5 Å². The molecule has 0 spiro atoms. The van der Waals surface area contributed by atoms with E-state index in [9.17, 15) is 0 Å². The molecule has 1 aromatic rings. The molecule has 1 aromatic heterocycles. The second-order valence-corrected chi connectivity index (χ2v) is 4.27. The van der Waals surface area contributed by atoms with Crippen LogP contribution >= 0.6 is 0 Å². The third kappa shape index (κ3) is 2.84. The Morgan fingerprint density at radius 1 is 1.56 bits per heavy atom. The average Bonchev–Trinajstić information content (AvgIpc) is 2.88. The van der Waals surface area contributed by atoms with Crippen molar-refractivity contribution in [1.29, 1.82) is 0 Å². The van der Waals surface area contributed by atoms with Gasteiger partial charge in [0.25, 0.3) is 0 Å². The van der Waals surface area contributed by atoms with Crippen LogP contribution in [0.2, 0.25) is 0 Å². The largest absolute Gasteiger partial charge is 0.462 e. The van der Waals surface area contributed by atoms with E-state index in [0.717, 1.165) is 43.3 Å². The van der Waals surface area contributed by atoms with Crippen molar-refractivity contribution in [2.24, 2.45) is 11.7 Å². The van der Waals surface area contributed by atoms with E-state index in [2.05, 4.69) is 0 Å². The minimum atomic E-state index is 0.447. The Hall–Kier alpha value is -0.840. The predicted octanol–water partition coefficient (Wildman–Crippen LogP) is 1.60. The summed E-state index contributed by atoms with van der Waals surface area (Å²) in [5.41, 5.74) is 6.64. The molecule has 1 aliphatic heterocycles. The van der Waals surface area contributed by atoms with Gasteiger partial charge in [-0.3, -0.25) is 0 Å². The van der Waals surface area contributed by atoms with Crippen molar-refractivity contribution in [1.82, 2.24) is 0 Å². The monoisotopic (exact) mass is 225 g/mol. The van der Waals surface area contributed by atoms with Gasteiger partial charge in [0.1, 0.15) is 18.1 Å². The van der Waals surface area contributed by atoms with Crippen LogP contribution in [0, 0.1) is 12.8 Å². The number of aryl methyl sites for hydroxylation is 1. The highest BCUT2D eigenvalue weighted by Gasteiger charge is 2.16. The van der Waals surface area contributed by atoms with E-state index >= 15 is 0 Å². The maximum absolute atomic E-state index is 5.60. The SMILES string of the molecule is Cc1cc(COCC2CCOC2)oc1CN. The Bertz CT molecular complexity index is 329. The van der Waals surface area contributed by atoms with E-state index in [1.807, 2.05) is 13.0 Å². The number of nitrogens with two attached hydrogens (primary N) is 1. The standard InChI is InChI=1S/C12H19NO3/c1-9-4-11(16-12(9)5-13)8-15-7-10-2-3-14-6-10/h4,10H,2-3,5-8,13H2,1H3. The van der Waals surface area contributed by atoms with Gasteiger partial charge >= 0.3 is 0 Å². The molecule has 2 heterocycles. The molecule has 0 radical (unpaired) electrons. The molecular formula is C12H19NO3. The molecule has 0 aliphatic carbocycles. The number of hydrogen-bond donors (Lipinski definition) is 1. The number of rotatable bonds is 5. The lowest BCUT2D eigenvalue weighted by atomic mass is 10.1. The molecule has 0 amide bonds. The zero-order chi connectivity index (χ0) is 11.4. The first-order valence-corrected chi connectivity index (χ1v) is 5.73. The van der Waals surface area contributed by atoms with Gasteiger partial charge in [-0.15, -0.1) is 0 Å². The molecule has 4 heteroatoms. The van der Waals surface area contributed by atoms with Crippen LogP contribution in [0.4, 0.5) is 0 Å². The molecule has 0 aromatic carbocycles. The van der Waals surface area contributed by atoms with Crippen molar-refractivity contribution < 1.29 is 13.9 Å². The molecule has 2 rings (SSSR count). The van der Waals surface area contributed by atoms with E-state index in [1.54, 1.807) is 0 Å². The first kappa shape index (κ1) is 11.6. The van der Waals surface area contributed by atoms with Crippen molar-refractivity contribution in [3.05, 3.63) is 23.2 Å². The maximum Gasteiger partial charge on any atom is 0.130 e. The molecule has 1 aliphatic rings. The lowest BCUT2D eigenvalue weighted by Gasteiger charge is -2.06. The van der Waals surface area contributed by atoms with E-state index < -0.39 is 0 Å². The Labute approximate surface area is 95.7 Å². The van der Waals surface area contributed by atoms with Crippen LogP contribution in [0.25, 0.3) is 0 Å². The second-order valence-electron chi connectivity index (χ2n) is 4.27. The van der Waals surface area contributed by atoms with Gasteiger partial charge in [-0.2, -0.15) is 0 Å². The summed E-state index contributed by atoms with van der Waals surface area (Å²) >= 11 is 0. The summed E-state index contributed by atoms with van der Waals surface area (Å²) < 4.78 is 16.4. The predicted molar refractivity (Wildman–Crippen MR) is 59.9 cm³/mol. The topological polar surface area (TPSA) is 57.6 Å². The van der Waals surface area contributed by atoms with Crippen LogP contribution in [0.3, 0.4) is 0 Å². The molecule has 4 nitrogen and oxygen atoms in total. The molecule has 90 valence electrons. The zero-order valence-corrected chi connectivity index (χ0v) is 9.70. The highest BCUT2D eigenvalue weighted by atomic mass is 16.5. The minimum absolute atomic E-state index is 0.447. The first-order chi connectivity index (χ1) is 7.79. The van der Waals surface area contributed by atoms with Gasteiger partial charge in [-0.1, -0.05) is 0 Å². The lowest BCUT2D eigenvalue weighted by molar-refractivity contribution is 0.0686. The molecule has 16 heavy (non-hydrogen) atoms. The summed E-state index contributed by atoms with van der Waals surface area (Å²) in [6, 6.07) is 1.99. The van der Waals surface area contributed by atoms with Crippen LogP contribution in [-0.2, 0) is 22.6 Å². The van der Waals surface area contributed by atoms with Gasteiger partial charge in [-0.25, -0.2) is 0 Å². The van der Waals surface area contributed by atoms with Gasteiger partial charge < -0.3 is 19.6 Å². The highest BCUT2D eigenvalue weighted by molar-refractivity contribution is 5.19. The molecule has 1 atom stereocenters. The maximum atomic E-state index is 5.60. The summed E-state index contributed by atoms with van der Waals surface area (Å²) in [7, 11) is 0. The van der Waals surface area contributed by atoms with E-state index in [-0.39, 0.29) is 0 Å². The fraction of sp³-hybridized carbons (Fsp3) is 0.667. The summed E-state index contributed by atoms with van der Waals surface area (Å²) in [6.07, 6.45) is 1.10. The fourth-order valence-corrected chi connectivity index (χ4v) is 1.90. The second kappa shape index (κ2) is 5.48. The quantitative estimate of drug-likeness (QED) is 0.827. The zero-order valence-electron chi connectivity index (χ0n) is 9.70. The Morgan fingerprint density at radius 3 is 3.06 bits per heavy atom. The van der Waals surface area contributed by atoms with Crippen molar-refractivity contribution in [2.45, 2.75) is 26.5 Å². The number of furan rings is 1. The normalized spacial score (nSPS) is 20.5. The summed E-state index contributed by atoms with van der Waals surface area (Å²) in [4.78, 5) is 0. The van der Waals surface area contributed by atoms with Crippen molar-refractivity contribution in [3.63, 3.8) is 0 Å². The van der Waals surface area contributed by atoms with Gasteiger partial charge in [0.05, 0.1) is 19.8 Å². The van der Waals surface area contributed by atoms with Gasteiger partial charge in [0.2, 0.25) is 0 Å². The molecule has 2 N–H and O–H groups in total. The van der Waals surface area contributed by atoms with Gasteiger partial charge in [0.15, 0.2) is 0 Å². The van der Waals surface area contributed by atoms with Crippen molar-refractivity contribution in [3.8, 4) is 0 Å². The van der Waals surface area contributed by atoms with Crippen LogP contribution in [-0.4, -0.2) is 19.8 Å². The third-order valence-electron chi connectivity index (χ3n) is 2.88. The van der Waals surface area contributed by atoms with E-state index in [4.69, 9.17) is 19.6 Å². The van der Waals surface area contributed by atoms with Crippen LogP contribution in [0.15, 0.2) is 10.5 Å². The number of hydrogen-bond acceptors (Lipinski definition) is 4. The molecule has 0 saturated carbocycles. The smallest absolute Gasteiger partial charge is 0.130 e. The summed E-state index contributed by atoms with van der Waals surface area (Å²) in [5.74, 6) is 2.25. The first-order valence-electron chi connectivity index (χ1n) is 5.73. The molecule has 0 bridgehead atoms. The Morgan fingerprint density at radius 2 is 2.44 bits per heavy atom. The number of ether oxygens (including phenoxy) is 2.